The molecule has 0 aromatic heterocycles. The molecule has 1 N–H and O–H groups in total. The van der Waals surface area contributed by atoms with Gasteiger partial charge in [-0.15, -0.1) is 0 Å². The van der Waals surface area contributed by atoms with Gasteiger partial charge in [-0.2, -0.15) is 0 Å². The van der Waals surface area contributed by atoms with Crippen LogP contribution in [0.3, 0.4) is 0 Å². The van der Waals surface area contributed by atoms with Gasteiger partial charge in [-0.25, -0.2) is 0 Å². The first-order valence-corrected chi connectivity index (χ1v) is 7.19. The number of benzene rings is 1. The molecule has 1 saturated carbocycles. The maximum absolute atomic E-state index is 11.1. The van der Waals surface area contributed by atoms with Crippen molar-refractivity contribution in [3.05, 3.63) is 33.9 Å². The molecule has 0 bridgehead atoms. The average molecular weight is 262 g/mol. The van der Waals surface area contributed by atoms with Gasteiger partial charge >= 0.3 is 0 Å². The van der Waals surface area contributed by atoms with E-state index in [1.165, 1.54) is 25.7 Å². The molecule has 4 nitrogen and oxygen atoms in total. The Bertz CT molecular complexity index is 459. The van der Waals surface area contributed by atoms with Gasteiger partial charge < -0.3 is 5.32 Å². The van der Waals surface area contributed by atoms with Crippen molar-refractivity contribution in [3.63, 3.8) is 0 Å². The van der Waals surface area contributed by atoms with E-state index in [2.05, 4.69) is 12.2 Å². The molecule has 104 valence electrons. The standard InChI is InChI=1S/C15H22N2O2/c1-3-11-6-5-7-14(11)16-13-9-8-12(4-2)15(10-13)17(18)19/h8-11,14,16H,3-7H2,1-2H3. The Morgan fingerprint density at radius 3 is 2.79 bits per heavy atom. The molecule has 1 aliphatic rings. The van der Waals surface area contributed by atoms with Crippen LogP contribution < -0.4 is 5.32 Å². The van der Waals surface area contributed by atoms with Crippen molar-refractivity contribution in [1.29, 1.82) is 0 Å². The zero-order valence-electron chi connectivity index (χ0n) is 11.7. The molecule has 0 spiro atoms. The number of rotatable bonds is 5. The molecule has 2 rings (SSSR count). The molecule has 0 aliphatic heterocycles. The van der Waals surface area contributed by atoms with Crippen molar-refractivity contribution in [2.75, 3.05) is 5.32 Å². The van der Waals surface area contributed by atoms with Crippen molar-refractivity contribution < 1.29 is 4.92 Å². The monoisotopic (exact) mass is 262 g/mol. The summed E-state index contributed by atoms with van der Waals surface area (Å²) in [7, 11) is 0. The first-order valence-electron chi connectivity index (χ1n) is 7.19. The van der Waals surface area contributed by atoms with Gasteiger partial charge in [0.05, 0.1) is 4.92 Å². The van der Waals surface area contributed by atoms with E-state index in [1.807, 2.05) is 19.1 Å². The Balaban J connectivity index is 2.17. The van der Waals surface area contributed by atoms with Crippen LogP contribution in [0.2, 0.25) is 0 Å². The van der Waals surface area contributed by atoms with E-state index in [9.17, 15) is 10.1 Å². The summed E-state index contributed by atoms with van der Waals surface area (Å²) in [4.78, 5) is 10.8. The van der Waals surface area contributed by atoms with E-state index in [-0.39, 0.29) is 10.6 Å². The van der Waals surface area contributed by atoms with Crippen molar-refractivity contribution in [2.45, 2.75) is 52.0 Å². The van der Waals surface area contributed by atoms with Gasteiger partial charge in [-0.05, 0) is 31.2 Å². The van der Waals surface area contributed by atoms with Gasteiger partial charge in [0.25, 0.3) is 5.69 Å². The lowest BCUT2D eigenvalue weighted by molar-refractivity contribution is -0.385. The van der Waals surface area contributed by atoms with Gasteiger partial charge in [-0.1, -0.05) is 32.8 Å². The van der Waals surface area contributed by atoms with E-state index in [0.717, 1.165) is 11.3 Å². The second-order valence-electron chi connectivity index (χ2n) is 5.30. The first kappa shape index (κ1) is 13.8. The molecule has 1 aromatic rings. The van der Waals surface area contributed by atoms with Gasteiger partial charge in [-0.3, -0.25) is 10.1 Å². The molecule has 2 unspecified atom stereocenters. The highest BCUT2D eigenvalue weighted by molar-refractivity contribution is 5.55. The molecule has 1 aromatic carbocycles. The molecular weight excluding hydrogens is 240 g/mol. The number of hydrogen-bond acceptors (Lipinski definition) is 3. The summed E-state index contributed by atoms with van der Waals surface area (Å²) in [6.45, 7) is 4.16. The van der Waals surface area contributed by atoms with Crippen LogP contribution >= 0.6 is 0 Å². The summed E-state index contributed by atoms with van der Waals surface area (Å²) in [5, 5.41) is 14.6. The van der Waals surface area contributed by atoms with E-state index >= 15 is 0 Å². The number of nitrogens with zero attached hydrogens (tertiary/aromatic N) is 1. The predicted molar refractivity (Wildman–Crippen MR) is 77.5 cm³/mol. The summed E-state index contributed by atoms with van der Waals surface area (Å²) in [5.41, 5.74) is 1.92. The second-order valence-corrected chi connectivity index (χ2v) is 5.30. The molecule has 19 heavy (non-hydrogen) atoms. The average Bonchev–Trinajstić information content (AvgIpc) is 2.85. The summed E-state index contributed by atoms with van der Waals surface area (Å²) >= 11 is 0. The summed E-state index contributed by atoms with van der Waals surface area (Å²) in [6, 6.07) is 5.99. The minimum Gasteiger partial charge on any atom is -0.382 e. The lowest BCUT2D eigenvalue weighted by Crippen LogP contribution is -2.23. The number of anilines is 1. The van der Waals surface area contributed by atoms with E-state index in [0.29, 0.717) is 18.4 Å². The quantitative estimate of drug-likeness (QED) is 0.640. The van der Waals surface area contributed by atoms with Crippen LogP contribution in [0.4, 0.5) is 11.4 Å². The Hall–Kier alpha value is -1.58. The highest BCUT2D eigenvalue weighted by Gasteiger charge is 2.26. The number of aryl methyl sites for hydroxylation is 1. The SMILES string of the molecule is CCc1ccc(NC2CCCC2CC)cc1[N+](=O)[O-]. The fourth-order valence-corrected chi connectivity index (χ4v) is 3.05. The number of hydrogen-bond donors (Lipinski definition) is 1. The Morgan fingerprint density at radius 1 is 1.37 bits per heavy atom. The predicted octanol–water partition coefficient (Wildman–Crippen LogP) is 4.15. The minimum atomic E-state index is -0.282. The zero-order valence-corrected chi connectivity index (χ0v) is 11.7. The molecule has 0 radical (unpaired) electrons. The van der Waals surface area contributed by atoms with Crippen LogP contribution in [0.1, 0.15) is 45.1 Å². The van der Waals surface area contributed by atoms with Crippen molar-refractivity contribution in [3.8, 4) is 0 Å². The maximum Gasteiger partial charge on any atom is 0.274 e. The normalized spacial score (nSPS) is 22.4. The lowest BCUT2D eigenvalue weighted by atomic mass is 10.00. The molecule has 0 saturated heterocycles. The summed E-state index contributed by atoms with van der Waals surface area (Å²) < 4.78 is 0. The first-order chi connectivity index (χ1) is 9.15. The van der Waals surface area contributed by atoms with Gasteiger partial charge in [0.2, 0.25) is 0 Å². The van der Waals surface area contributed by atoms with Crippen LogP contribution in [0.25, 0.3) is 0 Å². The Kier molecular flexibility index (Phi) is 4.40. The maximum atomic E-state index is 11.1. The molecule has 1 fully saturated rings. The number of nitro benzene ring substituents is 1. The molecule has 1 aliphatic carbocycles. The van der Waals surface area contributed by atoms with Crippen molar-refractivity contribution in [2.24, 2.45) is 5.92 Å². The van der Waals surface area contributed by atoms with Gasteiger partial charge in [0.1, 0.15) is 0 Å². The molecule has 0 heterocycles. The lowest BCUT2D eigenvalue weighted by Gasteiger charge is -2.21. The molecule has 2 atom stereocenters. The third kappa shape index (κ3) is 3.06. The van der Waals surface area contributed by atoms with Crippen LogP contribution in [-0.4, -0.2) is 11.0 Å². The van der Waals surface area contributed by atoms with E-state index in [1.54, 1.807) is 6.07 Å². The topological polar surface area (TPSA) is 55.2 Å². The third-order valence-corrected chi connectivity index (χ3v) is 4.20. The minimum absolute atomic E-state index is 0.235. The second kappa shape index (κ2) is 6.04. The third-order valence-electron chi connectivity index (χ3n) is 4.20. The van der Waals surface area contributed by atoms with Crippen LogP contribution in [0, 0.1) is 16.0 Å². The van der Waals surface area contributed by atoms with Gasteiger partial charge in [0, 0.05) is 23.4 Å². The Morgan fingerprint density at radius 2 is 2.16 bits per heavy atom. The van der Waals surface area contributed by atoms with Crippen molar-refractivity contribution in [1.82, 2.24) is 0 Å². The summed E-state index contributed by atoms with van der Waals surface area (Å²) in [6.07, 6.45) is 5.56. The van der Waals surface area contributed by atoms with Gasteiger partial charge in [0.15, 0.2) is 0 Å². The largest absolute Gasteiger partial charge is 0.382 e. The van der Waals surface area contributed by atoms with E-state index in [4.69, 9.17) is 0 Å². The Labute approximate surface area is 114 Å². The summed E-state index contributed by atoms with van der Waals surface area (Å²) in [5.74, 6) is 0.699. The van der Waals surface area contributed by atoms with Crippen LogP contribution in [0.5, 0.6) is 0 Å². The zero-order chi connectivity index (χ0) is 13.8. The van der Waals surface area contributed by atoms with Crippen LogP contribution in [-0.2, 0) is 6.42 Å². The van der Waals surface area contributed by atoms with E-state index < -0.39 is 0 Å². The molecule has 4 heteroatoms. The molecule has 0 amide bonds. The highest BCUT2D eigenvalue weighted by Crippen LogP contribution is 2.32. The number of nitrogens with one attached hydrogen (secondary N) is 1. The fraction of sp³-hybridized carbons (Fsp3) is 0.600. The van der Waals surface area contributed by atoms with Crippen molar-refractivity contribution >= 4 is 11.4 Å². The highest BCUT2D eigenvalue weighted by atomic mass is 16.6. The van der Waals surface area contributed by atoms with Crippen LogP contribution in [0.15, 0.2) is 18.2 Å². The number of nitro groups is 1. The smallest absolute Gasteiger partial charge is 0.274 e. The fourth-order valence-electron chi connectivity index (χ4n) is 3.05. The molecular formula is C15H22N2O2.